The van der Waals surface area contributed by atoms with Crippen molar-refractivity contribution < 1.29 is 9.21 Å². The summed E-state index contributed by atoms with van der Waals surface area (Å²) in [6.07, 6.45) is 0. The van der Waals surface area contributed by atoms with Crippen molar-refractivity contribution in [2.24, 2.45) is 0 Å². The minimum atomic E-state index is -0.124. The molecular formula is C22H17IN2O2. The van der Waals surface area contributed by atoms with Gasteiger partial charge in [-0.05, 0) is 96.1 Å². The highest BCUT2D eigenvalue weighted by molar-refractivity contribution is 14.1. The molecule has 5 heteroatoms. The summed E-state index contributed by atoms with van der Waals surface area (Å²) in [5, 5.41) is 2.92. The third-order valence-corrected chi connectivity index (χ3v) is 5.45. The largest absolute Gasteiger partial charge is 0.436 e. The van der Waals surface area contributed by atoms with Gasteiger partial charge >= 0.3 is 0 Å². The molecule has 1 aromatic heterocycles. The Morgan fingerprint density at radius 3 is 2.44 bits per heavy atom. The maximum Gasteiger partial charge on any atom is 0.256 e. The number of oxazole rings is 1. The molecule has 1 heterocycles. The number of aryl methyl sites for hydroxylation is 2. The summed E-state index contributed by atoms with van der Waals surface area (Å²) in [6, 6.07) is 19.1. The van der Waals surface area contributed by atoms with Crippen LogP contribution in [0.25, 0.3) is 22.6 Å². The van der Waals surface area contributed by atoms with Gasteiger partial charge < -0.3 is 9.73 Å². The fourth-order valence-electron chi connectivity index (χ4n) is 2.84. The van der Waals surface area contributed by atoms with Gasteiger partial charge in [-0.15, -0.1) is 0 Å². The van der Waals surface area contributed by atoms with Gasteiger partial charge in [-0.3, -0.25) is 4.79 Å². The van der Waals surface area contributed by atoms with Crippen LogP contribution >= 0.6 is 22.6 Å². The summed E-state index contributed by atoms with van der Waals surface area (Å²) in [5.41, 5.74) is 6.26. The van der Waals surface area contributed by atoms with E-state index in [-0.39, 0.29) is 5.91 Å². The van der Waals surface area contributed by atoms with E-state index in [1.165, 1.54) is 11.1 Å². The Kier molecular flexibility index (Phi) is 4.70. The molecule has 0 aliphatic rings. The summed E-state index contributed by atoms with van der Waals surface area (Å²) in [4.78, 5) is 17.0. The second-order valence-electron chi connectivity index (χ2n) is 6.43. The van der Waals surface area contributed by atoms with Crippen LogP contribution in [0, 0.1) is 17.4 Å². The van der Waals surface area contributed by atoms with Gasteiger partial charge in [0.25, 0.3) is 5.91 Å². The summed E-state index contributed by atoms with van der Waals surface area (Å²) >= 11 is 2.16. The number of hydrogen-bond donors (Lipinski definition) is 1. The van der Waals surface area contributed by atoms with E-state index < -0.39 is 0 Å². The van der Waals surface area contributed by atoms with Gasteiger partial charge in [0.2, 0.25) is 5.89 Å². The molecule has 4 nitrogen and oxygen atoms in total. The molecule has 1 N–H and O–H groups in total. The van der Waals surface area contributed by atoms with Crippen LogP contribution in [0.2, 0.25) is 0 Å². The number of rotatable bonds is 3. The highest BCUT2D eigenvalue weighted by atomic mass is 127. The van der Waals surface area contributed by atoms with Crippen LogP contribution in [0.5, 0.6) is 0 Å². The van der Waals surface area contributed by atoms with Gasteiger partial charge in [0.1, 0.15) is 5.52 Å². The number of carbonyl (C=O) groups is 1. The molecule has 0 radical (unpaired) electrons. The highest BCUT2D eigenvalue weighted by Crippen LogP contribution is 2.27. The molecule has 0 fully saturated rings. The Bertz CT molecular complexity index is 1110. The minimum Gasteiger partial charge on any atom is -0.436 e. The van der Waals surface area contributed by atoms with E-state index in [2.05, 4.69) is 46.7 Å². The van der Waals surface area contributed by atoms with Crippen LogP contribution in [0.3, 0.4) is 0 Å². The predicted octanol–water partition coefficient (Wildman–Crippen LogP) is 5.97. The highest BCUT2D eigenvalue weighted by Gasteiger charge is 2.12. The zero-order chi connectivity index (χ0) is 19.0. The number of anilines is 1. The topological polar surface area (TPSA) is 55.1 Å². The van der Waals surface area contributed by atoms with Crippen molar-refractivity contribution in [2.75, 3.05) is 5.32 Å². The number of amides is 1. The van der Waals surface area contributed by atoms with E-state index in [1.54, 1.807) is 0 Å². The van der Waals surface area contributed by atoms with Crippen LogP contribution in [0.1, 0.15) is 21.5 Å². The van der Waals surface area contributed by atoms with Crippen LogP contribution in [-0.4, -0.2) is 10.9 Å². The Morgan fingerprint density at radius 2 is 1.70 bits per heavy atom. The lowest BCUT2D eigenvalue weighted by atomic mass is 10.1. The maximum absolute atomic E-state index is 12.4. The quantitative estimate of drug-likeness (QED) is 0.377. The van der Waals surface area contributed by atoms with Crippen molar-refractivity contribution in [2.45, 2.75) is 13.8 Å². The molecule has 134 valence electrons. The van der Waals surface area contributed by atoms with Gasteiger partial charge in [0.05, 0.1) is 5.56 Å². The molecule has 0 saturated carbocycles. The molecule has 4 rings (SSSR count). The molecule has 0 unspecified atom stereocenters. The zero-order valence-corrected chi connectivity index (χ0v) is 17.1. The van der Waals surface area contributed by atoms with Gasteiger partial charge in [-0.1, -0.05) is 12.1 Å². The predicted molar refractivity (Wildman–Crippen MR) is 116 cm³/mol. The minimum absolute atomic E-state index is 0.124. The first kappa shape index (κ1) is 17.7. The lowest BCUT2D eigenvalue weighted by Crippen LogP contribution is -2.13. The van der Waals surface area contributed by atoms with Crippen molar-refractivity contribution in [3.63, 3.8) is 0 Å². The number of nitrogens with one attached hydrogen (secondary N) is 1. The van der Waals surface area contributed by atoms with Gasteiger partial charge in [0.15, 0.2) is 5.58 Å². The number of benzene rings is 3. The molecule has 0 atom stereocenters. The summed E-state index contributed by atoms with van der Waals surface area (Å²) < 4.78 is 6.81. The van der Waals surface area contributed by atoms with Crippen molar-refractivity contribution in [1.82, 2.24) is 4.98 Å². The van der Waals surface area contributed by atoms with E-state index in [4.69, 9.17) is 4.42 Å². The van der Waals surface area contributed by atoms with E-state index in [9.17, 15) is 4.79 Å². The normalized spacial score (nSPS) is 10.9. The summed E-state index contributed by atoms with van der Waals surface area (Å²) in [6.45, 7) is 4.12. The fraction of sp³-hybridized carbons (Fsp3) is 0.0909. The second kappa shape index (κ2) is 7.15. The van der Waals surface area contributed by atoms with E-state index in [1.807, 2.05) is 60.7 Å². The molecule has 0 spiro atoms. The zero-order valence-electron chi connectivity index (χ0n) is 14.9. The molecule has 27 heavy (non-hydrogen) atoms. The summed E-state index contributed by atoms with van der Waals surface area (Å²) in [5.74, 6) is 0.450. The smallest absolute Gasteiger partial charge is 0.256 e. The number of fused-ring (bicyclic) bond motifs is 1. The SMILES string of the molecule is Cc1cc2nc(-c3ccc(NC(=O)c4ccccc4I)cc3)oc2cc1C. The average molecular weight is 468 g/mol. The Balaban J connectivity index is 1.57. The molecule has 0 bridgehead atoms. The first-order valence-electron chi connectivity index (χ1n) is 8.55. The number of halogens is 1. The molecule has 0 aliphatic carbocycles. The maximum atomic E-state index is 12.4. The second-order valence-corrected chi connectivity index (χ2v) is 7.60. The standard InChI is InChI=1S/C22H17IN2O2/c1-13-11-19-20(12-14(13)2)27-22(25-19)15-7-9-16(10-8-15)24-21(26)17-5-3-4-6-18(17)23/h3-12H,1-2H3,(H,24,26). The number of aromatic nitrogens is 1. The van der Waals surface area contributed by atoms with E-state index in [0.29, 0.717) is 11.5 Å². The third kappa shape index (κ3) is 3.60. The fourth-order valence-corrected chi connectivity index (χ4v) is 3.48. The van der Waals surface area contributed by atoms with Crippen molar-refractivity contribution in [1.29, 1.82) is 0 Å². The van der Waals surface area contributed by atoms with Crippen LogP contribution in [0.4, 0.5) is 5.69 Å². The first-order chi connectivity index (χ1) is 13.0. The molecule has 3 aromatic carbocycles. The monoisotopic (exact) mass is 468 g/mol. The number of hydrogen-bond acceptors (Lipinski definition) is 3. The molecule has 0 aliphatic heterocycles. The molecule has 0 saturated heterocycles. The third-order valence-electron chi connectivity index (χ3n) is 4.51. The Hall–Kier alpha value is -2.67. The van der Waals surface area contributed by atoms with Crippen LogP contribution in [-0.2, 0) is 0 Å². The number of nitrogens with zero attached hydrogens (tertiary/aromatic N) is 1. The van der Waals surface area contributed by atoms with Gasteiger partial charge in [-0.25, -0.2) is 4.98 Å². The first-order valence-corrected chi connectivity index (χ1v) is 9.63. The summed E-state index contributed by atoms with van der Waals surface area (Å²) in [7, 11) is 0. The van der Waals surface area contributed by atoms with Gasteiger partial charge in [0, 0.05) is 14.8 Å². The molecular weight excluding hydrogens is 451 g/mol. The average Bonchev–Trinajstić information content (AvgIpc) is 3.05. The number of carbonyl (C=O) groups excluding carboxylic acids is 1. The Morgan fingerprint density at radius 1 is 1.00 bits per heavy atom. The van der Waals surface area contributed by atoms with E-state index >= 15 is 0 Å². The van der Waals surface area contributed by atoms with Crippen LogP contribution in [0.15, 0.2) is 65.1 Å². The molecule has 1 amide bonds. The van der Waals surface area contributed by atoms with Crippen molar-refractivity contribution >= 4 is 45.3 Å². The lowest BCUT2D eigenvalue weighted by Gasteiger charge is -2.07. The lowest BCUT2D eigenvalue weighted by molar-refractivity contribution is 0.102. The van der Waals surface area contributed by atoms with Crippen molar-refractivity contribution in [3.8, 4) is 11.5 Å². The van der Waals surface area contributed by atoms with Crippen molar-refractivity contribution in [3.05, 3.63) is 80.9 Å². The molecule has 4 aromatic rings. The Labute approximate surface area is 170 Å². The van der Waals surface area contributed by atoms with Crippen LogP contribution < -0.4 is 5.32 Å². The van der Waals surface area contributed by atoms with E-state index in [0.717, 1.165) is 25.9 Å². The van der Waals surface area contributed by atoms with Gasteiger partial charge in [-0.2, -0.15) is 0 Å².